The number of methoxy groups -OCH3 is 1. The van der Waals surface area contributed by atoms with Gasteiger partial charge in [-0.3, -0.25) is 0 Å². The van der Waals surface area contributed by atoms with E-state index in [4.69, 9.17) is 4.74 Å². The first-order valence-electron chi connectivity index (χ1n) is 5.66. The van der Waals surface area contributed by atoms with E-state index >= 15 is 0 Å². The van der Waals surface area contributed by atoms with Crippen molar-refractivity contribution in [2.24, 2.45) is 0 Å². The van der Waals surface area contributed by atoms with Crippen LogP contribution in [0.5, 0.6) is 5.75 Å². The van der Waals surface area contributed by atoms with E-state index in [0.29, 0.717) is 11.5 Å². The first kappa shape index (κ1) is 16.3. The molecule has 5 nitrogen and oxygen atoms in total. The van der Waals surface area contributed by atoms with Crippen molar-refractivity contribution >= 4 is 21.8 Å². The molecule has 1 aromatic rings. The van der Waals surface area contributed by atoms with Crippen molar-refractivity contribution in [3.05, 3.63) is 24.3 Å². The van der Waals surface area contributed by atoms with Gasteiger partial charge in [0.05, 0.1) is 17.6 Å². The van der Waals surface area contributed by atoms with Gasteiger partial charge in [0.2, 0.25) is 10.0 Å². The number of sulfonamides is 1. The van der Waals surface area contributed by atoms with E-state index in [2.05, 4.69) is 4.72 Å². The molecule has 0 aliphatic carbocycles. The first-order valence-corrected chi connectivity index (χ1v) is 8.53. The Bertz CT molecular complexity index is 497. The Labute approximate surface area is 118 Å². The Balaban J connectivity index is 2.75. The summed E-state index contributed by atoms with van der Waals surface area (Å²) in [6, 6.07) is 6.08. The Morgan fingerprint density at radius 2 is 1.95 bits per heavy atom. The van der Waals surface area contributed by atoms with E-state index in [-0.39, 0.29) is 11.4 Å². The van der Waals surface area contributed by atoms with Crippen molar-refractivity contribution in [2.45, 2.75) is 17.4 Å². The number of ether oxygens (including phenoxy) is 1. The van der Waals surface area contributed by atoms with Crippen molar-refractivity contribution < 1.29 is 18.3 Å². The fraction of sp³-hybridized carbons (Fsp3) is 0.500. The van der Waals surface area contributed by atoms with Crippen LogP contribution in [-0.4, -0.2) is 44.8 Å². The van der Waals surface area contributed by atoms with Crippen LogP contribution in [0.2, 0.25) is 0 Å². The average Bonchev–Trinajstić information content (AvgIpc) is 2.37. The monoisotopic (exact) mass is 305 g/mol. The highest BCUT2D eigenvalue weighted by Crippen LogP contribution is 2.16. The summed E-state index contributed by atoms with van der Waals surface area (Å²) in [4.78, 5) is 0.147. The van der Waals surface area contributed by atoms with Gasteiger partial charge in [-0.15, -0.1) is 0 Å². The third kappa shape index (κ3) is 5.02. The van der Waals surface area contributed by atoms with Gasteiger partial charge in [0, 0.05) is 12.3 Å². The van der Waals surface area contributed by atoms with Crippen LogP contribution in [0, 0.1) is 0 Å². The Hall–Kier alpha value is -0.760. The molecule has 0 fully saturated rings. The predicted octanol–water partition coefficient (Wildman–Crippen LogP) is 1.09. The van der Waals surface area contributed by atoms with Gasteiger partial charge in [-0.2, -0.15) is 11.8 Å². The van der Waals surface area contributed by atoms with Gasteiger partial charge >= 0.3 is 0 Å². The molecular formula is C12H19NO4S2. The molecule has 7 heteroatoms. The SMILES string of the molecule is COc1ccc(S(=O)(=O)NC[C@@](C)(O)CSC)cc1. The van der Waals surface area contributed by atoms with Crippen LogP contribution in [0.25, 0.3) is 0 Å². The molecule has 1 aromatic carbocycles. The number of aliphatic hydroxyl groups is 1. The van der Waals surface area contributed by atoms with Gasteiger partial charge in [-0.05, 0) is 37.4 Å². The van der Waals surface area contributed by atoms with Crippen molar-refractivity contribution in [3.63, 3.8) is 0 Å². The van der Waals surface area contributed by atoms with Gasteiger partial charge in [-0.1, -0.05) is 0 Å². The minimum atomic E-state index is -3.61. The number of thioether (sulfide) groups is 1. The van der Waals surface area contributed by atoms with Crippen LogP contribution in [0.15, 0.2) is 29.2 Å². The lowest BCUT2D eigenvalue weighted by Gasteiger charge is -2.22. The maximum Gasteiger partial charge on any atom is 0.240 e. The Morgan fingerprint density at radius 1 is 1.37 bits per heavy atom. The standard InChI is InChI=1S/C12H19NO4S2/c1-12(14,9-18-3)8-13-19(15,16)11-6-4-10(17-2)5-7-11/h4-7,13-14H,8-9H2,1-3H3/t12-/m1/s1. The molecule has 19 heavy (non-hydrogen) atoms. The smallest absolute Gasteiger partial charge is 0.240 e. The van der Waals surface area contributed by atoms with Crippen LogP contribution < -0.4 is 9.46 Å². The molecule has 0 aliphatic rings. The van der Waals surface area contributed by atoms with Gasteiger partial charge in [0.1, 0.15) is 5.75 Å². The van der Waals surface area contributed by atoms with E-state index < -0.39 is 15.6 Å². The lowest BCUT2D eigenvalue weighted by atomic mass is 10.1. The average molecular weight is 305 g/mol. The normalized spacial score (nSPS) is 14.9. The highest BCUT2D eigenvalue weighted by Gasteiger charge is 2.23. The first-order chi connectivity index (χ1) is 8.80. The summed E-state index contributed by atoms with van der Waals surface area (Å²) in [5.41, 5.74) is -1.07. The van der Waals surface area contributed by atoms with E-state index in [0.717, 1.165) is 0 Å². The molecule has 0 amide bonds. The highest BCUT2D eigenvalue weighted by molar-refractivity contribution is 7.98. The molecule has 1 atom stereocenters. The second-order valence-corrected chi connectivity index (χ2v) is 7.06. The number of hydrogen-bond donors (Lipinski definition) is 2. The molecule has 0 bridgehead atoms. The van der Waals surface area contributed by atoms with E-state index in [1.54, 1.807) is 19.1 Å². The van der Waals surface area contributed by atoms with Crippen molar-refractivity contribution in [2.75, 3.05) is 25.7 Å². The number of nitrogens with one attached hydrogen (secondary N) is 1. The summed E-state index contributed by atoms with van der Waals surface area (Å²) in [5.74, 6) is 1.05. The third-order valence-electron chi connectivity index (χ3n) is 2.47. The molecule has 0 aromatic heterocycles. The van der Waals surface area contributed by atoms with Crippen LogP contribution >= 0.6 is 11.8 Å². The molecule has 0 aliphatic heterocycles. The number of benzene rings is 1. The second-order valence-electron chi connectivity index (χ2n) is 4.43. The zero-order valence-electron chi connectivity index (χ0n) is 11.2. The molecule has 0 spiro atoms. The van der Waals surface area contributed by atoms with Gasteiger partial charge in [-0.25, -0.2) is 13.1 Å². The topological polar surface area (TPSA) is 75.6 Å². The van der Waals surface area contributed by atoms with Crippen molar-refractivity contribution in [3.8, 4) is 5.75 Å². The number of hydrogen-bond acceptors (Lipinski definition) is 5. The van der Waals surface area contributed by atoms with Crippen molar-refractivity contribution in [1.82, 2.24) is 4.72 Å². The maximum absolute atomic E-state index is 12.0. The fourth-order valence-corrected chi connectivity index (χ4v) is 3.34. The third-order valence-corrected chi connectivity index (χ3v) is 4.80. The summed E-state index contributed by atoms with van der Waals surface area (Å²) < 4.78 is 31.4. The summed E-state index contributed by atoms with van der Waals surface area (Å²) in [6.07, 6.45) is 1.85. The summed E-state index contributed by atoms with van der Waals surface area (Å²) in [7, 11) is -2.10. The lowest BCUT2D eigenvalue weighted by Crippen LogP contribution is -2.42. The van der Waals surface area contributed by atoms with Crippen LogP contribution in [0.1, 0.15) is 6.92 Å². The van der Waals surface area contributed by atoms with Crippen molar-refractivity contribution in [1.29, 1.82) is 0 Å². The fourth-order valence-electron chi connectivity index (χ4n) is 1.45. The molecule has 1 rings (SSSR count). The molecule has 2 N–H and O–H groups in total. The minimum absolute atomic E-state index is 0.0256. The molecule has 0 saturated carbocycles. The molecule has 0 unspecified atom stereocenters. The van der Waals surface area contributed by atoms with Crippen LogP contribution in [0.3, 0.4) is 0 Å². The summed E-state index contributed by atoms with van der Waals surface area (Å²) >= 11 is 1.46. The lowest BCUT2D eigenvalue weighted by molar-refractivity contribution is 0.0908. The summed E-state index contributed by atoms with van der Waals surface area (Å²) in [5, 5.41) is 9.94. The van der Waals surface area contributed by atoms with E-state index in [1.165, 1.54) is 31.0 Å². The molecule has 108 valence electrons. The Kier molecular flexibility index (Phi) is 5.66. The number of rotatable bonds is 7. The Morgan fingerprint density at radius 3 is 2.42 bits per heavy atom. The van der Waals surface area contributed by atoms with E-state index in [1.807, 2.05) is 6.26 Å². The predicted molar refractivity (Wildman–Crippen MR) is 77.2 cm³/mol. The maximum atomic E-state index is 12.0. The van der Waals surface area contributed by atoms with E-state index in [9.17, 15) is 13.5 Å². The largest absolute Gasteiger partial charge is 0.497 e. The quantitative estimate of drug-likeness (QED) is 0.788. The molecular weight excluding hydrogens is 286 g/mol. The molecule has 0 radical (unpaired) electrons. The van der Waals surface area contributed by atoms with Gasteiger partial charge < -0.3 is 9.84 Å². The van der Waals surface area contributed by atoms with Gasteiger partial charge in [0.15, 0.2) is 0 Å². The molecule has 0 saturated heterocycles. The molecule has 0 heterocycles. The zero-order valence-corrected chi connectivity index (χ0v) is 12.8. The second kappa shape index (κ2) is 6.60. The zero-order chi connectivity index (χ0) is 14.5. The minimum Gasteiger partial charge on any atom is -0.497 e. The van der Waals surface area contributed by atoms with Crippen LogP contribution in [0.4, 0.5) is 0 Å². The van der Waals surface area contributed by atoms with Crippen LogP contribution in [-0.2, 0) is 10.0 Å². The van der Waals surface area contributed by atoms with Gasteiger partial charge in [0.25, 0.3) is 0 Å². The highest BCUT2D eigenvalue weighted by atomic mass is 32.2. The summed E-state index contributed by atoms with van der Waals surface area (Å²) in [6.45, 7) is 1.57.